The first-order valence-corrected chi connectivity index (χ1v) is 7.38. The van der Waals surface area contributed by atoms with E-state index < -0.39 is 5.97 Å². The van der Waals surface area contributed by atoms with E-state index in [1.807, 2.05) is 13.0 Å². The fraction of sp³-hybridized carbons (Fsp3) is 0.500. The maximum Gasteiger partial charge on any atom is 0.337 e. The predicted molar refractivity (Wildman–Crippen MR) is 81.5 cm³/mol. The Hall–Kier alpha value is -1.88. The van der Waals surface area contributed by atoms with Crippen LogP contribution >= 0.6 is 0 Å². The highest BCUT2D eigenvalue weighted by molar-refractivity contribution is 6.01. The van der Waals surface area contributed by atoms with Crippen LogP contribution in [0.1, 0.15) is 42.4 Å². The number of carboxylic acids is 1. The monoisotopic (exact) mass is 290 g/mol. The number of aliphatic hydroxyl groups excluding tert-OH is 1. The van der Waals surface area contributed by atoms with Gasteiger partial charge in [-0.25, -0.2) is 9.78 Å². The normalized spacial score (nSPS) is 12.7. The molecular formula is C16H22N2O3. The minimum absolute atomic E-state index is 0.177. The van der Waals surface area contributed by atoms with Crippen molar-refractivity contribution in [3.63, 3.8) is 0 Å². The van der Waals surface area contributed by atoms with Gasteiger partial charge in [0.2, 0.25) is 0 Å². The van der Waals surface area contributed by atoms with E-state index in [2.05, 4.69) is 16.5 Å². The van der Waals surface area contributed by atoms with E-state index in [-0.39, 0.29) is 12.2 Å². The van der Waals surface area contributed by atoms with E-state index in [0.29, 0.717) is 11.4 Å². The minimum Gasteiger partial charge on any atom is -0.478 e. The van der Waals surface area contributed by atoms with Crippen molar-refractivity contribution in [1.29, 1.82) is 0 Å². The number of aliphatic hydroxyl groups is 1. The summed E-state index contributed by atoms with van der Waals surface area (Å²) in [6.45, 7) is 4.97. The van der Waals surface area contributed by atoms with Gasteiger partial charge in [-0.1, -0.05) is 19.4 Å². The van der Waals surface area contributed by atoms with Gasteiger partial charge in [-0.05, 0) is 37.8 Å². The number of aromatic nitrogens is 2. The zero-order chi connectivity index (χ0) is 15.4. The molecule has 1 aromatic heterocycles. The zero-order valence-electron chi connectivity index (χ0n) is 12.5. The highest BCUT2D eigenvalue weighted by atomic mass is 16.4. The largest absolute Gasteiger partial charge is 0.478 e. The van der Waals surface area contributed by atoms with E-state index >= 15 is 0 Å². The van der Waals surface area contributed by atoms with Crippen molar-refractivity contribution < 1.29 is 15.0 Å². The summed E-state index contributed by atoms with van der Waals surface area (Å²) in [5.74, 6) is 0.244. The van der Waals surface area contributed by atoms with Crippen LogP contribution in [0.5, 0.6) is 0 Å². The molecule has 0 saturated carbocycles. The lowest BCUT2D eigenvalue weighted by Crippen LogP contribution is -2.13. The first kappa shape index (κ1) is 15.5. The van der Waals surface area contributed by atoms with Crippen LogP contribution in [-0.2, 0) is 6.54 Å². The minimum atomic E-state index is -0.953. The number of imidazole rings is 1. The topological polar surface area (TPSA) is 75.3 Å². The van der Waals surface area contributed by atoms with Crippen molar-refractivity contribution in [2.24, 2.45) is 5.92 Å². The number of para-hydroxylation sites is 1. The van der Waals surface area contributed by atoms with Gasteiger partial charge in [-0.15, -0.1) is 0 Å². The lowest BCUT2D eigenvalue weighted by molar-refractivity contribution is 0.0699. The highest BCUT2D eigenvalue weighted by Crippen LogP contribution is 2.23. The summed E-state index contributed by atoms with van der Waals surface area (Å²) >= 11 is 0. The molecule has 114 valence electrons. The standard InChI is InChI=1S/C16H22N2O3/c1-3-5-12(8-9-19)10-18-11(2)17-15-13(16(20)21)6-4-7-14(15)18/h4,6-7,12,19H,3,5,8-10H2,1-2H3,(H,20,21). The zero-order valence-corrected chi connectivity index (χ0v) is 12.5. The van der Waals surface area contributed by atoms with Gasteiger partial charge in [0.05, 0.1) is 11.1 Å². The highest BCUT2D eigenvalue weighted by Gasteiger charge is 2.17. The average molecular weight is 290 g/mol. The first-order valence-electron chi connectivity index (χ1n) is 7.38. The second kappa shape index (κ2) is 6.72. The summed E-state index contributed by atoms with van der Waals surface area (Å²) in [4.78, 5) is 15.7. The lowest BCUT2D eigenvalue weighted by atomic mass is 10.00. The smallest absolute Gasteiger partial charge is 0.337 e. The summed E-state index contributed by atoms with van der Waals surface area (Å²) in [5.41, 5.74) is 1.64. The number of carboxylic acid groups (broad SMARTS) is 1. The molecule has 0 aliphatic carbocycles. The quantitative estimate of drug-likeness (QED) is 0.822. The fourth-order valence-corrected chi connectivity index (χ4v) is 2.84. The number of aryl methyl sites for hydroxylation is 1. The molecule has 1 heterocycles. The first-order chi connectivity index (χ1) is 10.1. The molecule has 1 aromatic carbocycles. The van der Waals surface area contributed by atoms with Gasteiger partial charge >= 0.3 is 5.97 Å². The van der Waals surface area contributed by atoms with Gasteiger partial charge in [0, 0.05) is 13.2 Å². The third kappa shape index (κ3) is 3.24. The molecule has 0 radical (unpaired) electrons. The van der Waals surface area contributed by atoms with Crippen LogP contribution in [-0.4, -0.2) is 32.3 Å². The molecule has 0 aliphatic rings. The second-order valence-corrected chi connectivity index (χ2v) is 5.42. The number of rotatable bonds is 7. The molecule has 1 atom stereocenters. The van der Waals surface area contributed by atoms with Crippen LogP contribution in [0.15, 0.2) is 18.2 Å². The van der Waals surface area contributed by atoms with Crippen LogP contribution in [0.2, 0.25) is 0 Å². The van der Waals surface area contributed by atoms with E-state index in [4.69, 9.17) is 0 Å². The van der Waals surface area contributed by atoms with Gasteiger partial charge in [-0.3, -0.25) is 0 Å². The SMILES string of the molecule is CCCC(CCO)Cn1c(C)nc2c(C(=O)O)cccc21. The maximum atomic E-state index is 11.3. The molecule has 0 fully saturated rings. The molecule has 0 aliphatic heterocycles. The van der Waals surface area contributed by atoms with Crippen LogP contribution in [0.4, 0.5) is 0 Å². The van der Waals surface area contributed by atoms with Crippen molar-refractivity contribution in [2.45, 2.75) is 39.7 Å². The van der Waals surface area contributed by atoms with E-state index in [1.54, 1.807) is 12.1 Å². The van der Waals surface area contributed by atoms with Gasteiger partial charge in [-0.2, -0.15) is 0 Å². The molecule has 2 N–H and O–H groups in total. The van der Waals surface area contributed by atoms with Crippen molar-refractivity contribution in [3.8, 4) is 0 Å². The Morgan fingerprint density at radius 2 is 2.14 bits per heavy atom. The number of hydrogen-bond acceptors (Lipinski definition) is 3. The number of fused-ring (bicyclic) bond motifs is 1. The summed E-state index contributed by atoms with van der Waals surface area (Å²) < 4.78 is 2.07. The van der Waals surface area contributed by atoms with Crippen molar-refractivity contribution >= 4 is 17.0 Å². The number of nitrogens with zero attached hydrogens (tertiary/aromatic N) is 2. The Kier molecular flexibility index (Phi) is 4.96. The Bertz CT molecular complexity index is 628. The average Bonchev–Trinajstić information content (AvgIpc) is 2.75. The molecule has 5 heteroatoms. The second-order valence-electron chi connectivity index (χ2n) is 5.42. The number of aromatic carboxylic acids is 1. The number of benzene rings is 1. The fourth-order valence-electron chi connectivity index (χ4n) is 2.84. The third-order valence-corrected chi connectivity index (χ3v) is 3.88. The van der Waals surface area contributed by atoms with E-state index in [0.717, 1.165) is 37.1 Å². The van der Waals surface area contributed by atoms with Crippen molar-refractivity contribution in [3.05, 3.63) is 29.6 Å². The molecule has 5 nitrogen and oxygen atoms in total. The van der Waals surface area contributed by atoms with E-state index in [9.17, 15) is 15.0 Å². The van der Waals surface area contributed by atoms with Crippen LogP contribution in [0.25, 0.3) is 11.0 Å². The Labute approximate surface area is 124 Å². The van der Waals surface area contributed by atoms with Crippen molar-refractivity contribution in [2.75, 3.05) is 6.61 Å². The molecule has 2 aromatic rings. The van der Waals surface area contributed by atoms with Gasteiger partial charge in [0.1, 0.15) is 11.3 Å². The summed E-state index contributed by atoms with van der Waals surface area (Å²) in [7, 11) is 0. The molecule has 0 amide bonds. The Balaban J connectivity index is 2.42. The summed E-state index contributed by atoms with van der Waals surface area (Å²) in [5, 5.41) is 18.4. The van der Waals surface area contributed by atoms with Crippen molar-refractivity contribution in [1.82, 2.24) is 9.55 Å². The van der Waals surface area contributed by atoms with Gasteiger partial charge in [0.25, 0.3) is 0 Å². The summed E-state index contributed by atoms with van der Waals surface area (Å²) in [6.07, 6.45) is 2.86. The van der Waals surface area contributed by atoms with Crippen LogP contribution in [0, 0.1) is 12.8 Å². The maximum absolute atomic E-state index is 11.3. The van der Waals surface area contributed by atoms with E-state index in [1.165, 1.54) is 0 Å². The lowest BCUT2D eigenvalue weighted by Gasteiger charge is -2.17. The summed E-state index contributed by atoms with van der Waals surface area (Å²) in [6, 6.07) is 5.24. The predicted octanol–water partition coefficient (Wildman–Crippen LogP) is 2.84. The molecule has 0 bridgehead atoms. The molecule has 0 spiro atoms. The molecular weight excluding hydrogens is 268 g/mol. The number of carbonyl (C=O) groups is 1. The Morgan fingerprint density at radius 1 is 1.38 bits per heavy atom. The van der Waals surface area contributed by atoms with Gasteiger partial charge in [0.15, 0.2) is 0 Å². The van der Waals surface area contributed by atoms with Crippen LogP contribution in [0.3, 0.4) is 0 Å². The van der Waals surface area contributed by atoms with Crippen LogP contribution < -0.4 is 0 Å². The molecule has 0 saturated heterocycles. The molecule has 1 unspecified atom stereocenters. The Morgan fingerprint density at radius 3 is 2.76 bits per heavy atom. The third-order valence-electron chi connectivity index (χ3n) is 3.88. The van der Waals surface area contributed by atoms with Gasteiger partial charge < -0.3 is 14.8 Å². The number of hydrogen-bond donors (Lipinski definition) is 2. The molecule has 2 rings (SSSR count). The molecule has 21 heavy (non-hydrogen) atoms.